The molecule has 0 bridgehead atoms. The number of hydrogen-bond donors (Lipinski definition) is 3. The molecule has 1 aliphatic rings. The number of alkyl halides is 3. The molecule has 1 saturated carbocycles. The molecule has 3 aromatic rings. The summed E-state index contributed by atoms with van der Waals surface area (Å²) in [5.41, 5.74) is -1.77. The summed E-state index contributed by atoms with van der Waals surface area (Å²) in [4.78, 5) is 24.4. The zero-order valence-electron chi connectivity index (χ0n) is 18.7. The third kappa shape index (κ3) is 5.21. The monoisotopic (exact) mass is 494 g/mol. The van der Waals surface area contributed by atoms with Crippen LogP contribution in [-0.4, -0.2) is 37.7 Å². The Bertz CT molecular complexity index is 1200. The Morgan fingerprint density at radius 2 is 1.85 bits per heavy atom. The lowest BCUT2D eigenvalue weighted by molar-refractivity contribution is -0.141. The normalized spacial score (nSPS) is 19.4. The van der Waals surface area contributed by atoms with Gasteiger partial charge in [-0.25, -0.2) is 9.97 Å². The number of amides is 1. The van der Waals surface area contributed by atoms with Crippen LogP contribution in [0, 0.1) is 5.92 Å². The molecule has 0 saturated heterocycles. The van der Waals surface area contributed by atoms with Gasteiger partial charge in [0, 0.05) is 23.8 Å². The number of carbonyl (C=O) groups excluding carboxylic acids is 1. The van der Waals surface area contributed by atoms with Gasteiger partial charge in [0.25, 0.3) is 5.91 Å². The zero-order valence-corrected chi connectivity index (χ0v) is 19.5. The van der Waals surface area contributed by atoms with Crippen molar-refractivity contribution in [2.24, 2.45) is 5.92 Å². The number of fused-ring (bicyclic) bond motifs is 1. The highest BCUT2D eigenvalue weighted by molar-refractivity contribution is 7.18. The minimum atomic E-state index is -4.73. The summed E-state index contributed by atoms with van der Waals surface area (Å²) in [5, 5.41) is 23.6. The first-order valence-electron chi connectivity index (χ1n) is 10.9. The van der Waals surface area contributed by atoms with Crippen molar-refractivity contribution >= 4 is 33.1 Å². The SMILES string of the molecule is CC(C)(O)c1cc2nc([C@H]3CC[C@H](CO)CC3)sc2cc1NC(=O)c1cncc(C(F)(F)F)n1. The number of aliphatic hydroxyl groups is 2. The molecule has 0 atom stereocenters. The first kappa shape index (κ1) is 24.5. The maximum absolute atomic E-state index is 13.0. The van der Waals surface area contributed by atoms with Crippen LogP contribution in [-0.2, 0) is 11.8 Å². The largest absolute Gasteiger partial charge is 0.434 e. The molecule has 182 valence electrons. The average molecular weight is 495 g/mol. The number of hydrogen-bond acceptors (Lipinski definition) is 7. The summed E-state index contributed by atoms with van der Waals surface area (Å²) in [6, 6.07) is 3.38. The Balaban J connectivity index is 1.66. The van der Waals surface area contributed by atoms with Crippen molar-refractivity contribution < 1.29 is 28.2 Å². The van der Waals surface area contributed by atoms with Crippen LogP contribution in [0.25, 0.3) is 10.2 Å². The number of benzene rings is 1. The molecule has 1 amide bonds. The van der Waals surface area contributed by atoms with Gasteiger partial charge >= 0.3 is 6.18 Å². The van der Waals surface area contributed by atoms with Gasteiger partial charge in [-0.05, 0) is 57.6 Å². The van der Waals surface area contributed by atoms with E-state index in [9.17, 15) is 28.2 Å². The molecule has 3 N–H and O–H groups in total. The minimum Gasteiger partial charge on any atom is -0.396 e. The van der Waals surface area contributed by atoms with Crippen molar-refractivity contribution in [1.29, 1.82) is 0 Å². The van der Waals surface area contributed by atoms with Crippen molar-refractivity contribution in [1.82, 2.24) is 15.0 Å². The highest BCUT2D eigenvalue weighted by Crippen LogP contribution is 2.41. The number of halogens is 3. The predicted molar refractivity (Wildman–Crippen MR) is 122 cm³/mol. The number of carbonyl (C=O) groups is 1. The first-order chi connectivity index (χ1) is 16.0. The summed E-state index contributed by atoms with van der Waals surface area (Å²) >= 11 is 1.49. The first-order valence-corrected chi connectivity index (χ1v) is 11.8. The van der Waals surface area contributed by atoms with Crippen molar-refractivity contribution in [2.75, 3.05) is 11.9 Å². The van der Waals surface area contributed by atoms with E-state index in [4.69, 9.17) is 4.98 Å². The molecule has 7 nitrogen and oxygen atoms in total. The van der Waals surface area contributed by atoms with E-state index in [0.29, 0.717) is 23.2 Å². The predicted octanol–water partition coefficient (Wildman–Crippen LogP) is 4.85. The Hall–Kier alpha value is -2.63. The van der Waals surface area contributed by atoms with Crippen LogP contribution in [0.15, 0.2) is 24.5 Å². The van der Waals surface area contributed by atoms with E-state index < -0.39 is 29.1 Å². The molecule has 2 aromatic heterocycles. The quantitative estimate of drug-likeness (QED) is 0.468. The third-order valence-electron chi connectivity index (χ3n) is 6.06. The van der Waals surface area contributed by atoms with E-state index in [-0.39, 0.29) is 18.2 Å². The Morgan fingerprint density at radius 1 is 1.15 bits per heavy atom. The van der Waals surface area contributed by atoms with Crippen molar-refractivity contribution in [3.05, 3.63) is 46.5 Å². The highest BCUT2D eigenvalue weighted by Gasteiger charge is 2.34. The molecule has 1 fully saturated rings. The fourth-order valence-electron chi connectivity index (χ4n) is 4.17. The average Bonchev–Trinajstić information content (AvgIpc) is 3.20. The molecule has 0 aliphatic heterocycles. The van der Waals surface area contributed by atoms with Gasteiger partial charge in [-0.1, -0.05) is 0 Å². The van der Waals surface area contributed by atoms with Gasteiger partial charge in [-0.3, -0.25) is 9.78 Å². The van der Waals surface area contributed by atoms with Gasteiger partial charge in [0.05, 0.1) is 33.2 Å². The molecular formula is C23H25F3N4O3S. The summed E-state index contributed by atoms with van der Waals surface area (Å²) in [6.07, 6.45) is 0.521. The van der Waals surface area contributed by atoms with Crippen LogP contribution in [0.2, 0.25) is 0 Å². The lowest BCUT2D eigenvalue weighted by Crippen LogP contribution is -2.22. The second-order valence-electron chi connectivity index (χ2n) is 9.12. The number of anilines is 1. The van der Waals surface area contributed by atoms with Gasteiger partial charge < -0.3 is 15.5 Å². The van der Waals surface area contributed by atoms with E-state index in [1.807, 2.05) is 0 Å². The fourth-order valence-corrected chi connectivity index (χ4v) is 5.32. The van der Waals surface area contributed by atoms with E-state index >= 15 is 0 Å². The van der Waals surface area contributed by atoms with E-state index in [1.54, 1.807) is 26.0 Å². The summed E-state index contributed by atoms with van der Waals surface area (Å²) < 4.78 is 39.7. The third-order valence-corrected chi connectivity index (χ3v) is 7.24. The Kier molecular flexibility index (Phi) is 6.63. The maximum Gasteiger partial charge on any atom is 0.434 e. The number of aromatic nitrogens is 3. The second-order valence-corrected chi connectivity index (χ2v) is 10.2. The van der Waals surface area contributed by atoms with Crippen LogP contribution >= 0.6 is 11.3 Å². The lowest BCUT2D eigenvalue weighted by atomic mass is 9.83. The number of nitrogens with zero attached hydrogens (tertiary/aromatic N) is 3. The van der Waals surface area contributed by atoms with Crippen molar-refractivity contribution in [3.63, 3.8) is 0 Å². The molecule has 0 spiro atoms. The van der Waals surface area contributed by atoms with Gasteiger partial charge in [0.15, 0.2) is 5.69 Å². The minimum absolute atomic E-state index is 0.195. The van der Waals surface area contributed by atoms with Gasteiger partial charge in [-0.15, -0.1) is 11.3 Å². The van der Waals surface area contributed by atoms with Crippen molar-refractivity contribution in [3.8, 4) is 0 Å². The summed E-state index contributed by atoms with van der Waals surface area (Å²) in [7, 11) is 0. The van der Waals surface area contributed by atoms with Gasteiger partial charge in [0.2, 0.25) is 0 Å². The molecule has 34 heavy (non-hydrogen) atoms. The Labute approximate surface area is 198 Å². The number of nitrogens with one attached hydrogen (secondary N) is 1. The Morgan fingerprint density at radius 3 is 2.47 bits per heavy atom. The molecular weight excluding hydrogens is 469 g/mol. The lowest BCUT2D eigenvalue weighted by Gasteiger charge is -2.25. The molecule has 0 unspecified atom stereocenters. The standard InChI is InChI=1S/C23H25F3N4O3S/c1-22(2,33)14-7-16-18(34-21(30-16)13-5-3-12(11-31)4-6-13)8-15(14)29-20(32)17-9-27-10-19(28-17)23(24,25)26/h7-10,12-13,31,33H,3-6,11H2,1-2H3,(H,29,32)/t12-,13-. The van der Waals surface area contributed by atoms with Gasteiger partial charge in [-0.2, -0.15) is 13.2 Å². The van der Waals surface area contributed by atoms with Crippen LogP contribution in [0.4, 0.5) is 18.9 Å². The van der Waals surface area contributed by atoms with Crippen LogP contribution in [0.5, 0.6) is 0 Å². The molecule has 1 aromatic carbocycles. The van der Waals surface area contributed by atoms with Gasteiger partial charge in [0.1, 0.15) is 5.69 Å². The molecule has 2 heterocycles. The highest BCUT2D eigenvalue weighted by atomic mass is 32.1. The topological polar surface area (TPSA) is 108 Å². The van der Waals surface area contributed by atoms with E-state index in [0.717, 1.165) is 41.6 Å². The number of rotatable bonds is 5. The van der Waals surface area contributed by atoms with Crippen molar-refractivity contribution in [2.45, 2.75) is 57.2 Å². The van der Waals surface area contributed by atoms with E-state index in [2.05, 4.69) is 15.3 Å². The number of aliphatic hydroxyl groups excluding tert-OH is 1. The smallest absolute Gasteiger partial charge is 0.396 e. The molecule has 1 aliphatic carbocycles. The second kappa shape index (κ2) is 9.20. The van der Waals surface area contributed by atoms with Crippen LogP contribution in [0.3, 0.4) is 0 Å². The summed E-state index contributed by atoms with van der Waals surface area (Å²) in [6.45, 7) is 3.30. The van der Waals surface area contributed by atoms with Crippen LogP contribution < -0.4 is 5.32 Å². The molecule has 0 radical (unpaired) electrons. The summed E-state index contributed by atoms with van der Waals surface area (Å²) in [5.74, 6) is -0.257. The van der Waals surface area contributed by atoms with E-state index in [1.165, 1.54) is 11.3 Å². The number of thiazole rings is 1. The molecule has 11 heteroatoms. The molecule has 4 rings (SSSR count). The zero-order chi connectivity index (χ0) is 24.7. The fraction of sp³-hybridized carbons (Fsp3) is 0.478. The van der Waals surface area contributed by atoms with Crippen LogP contribution in [0.1, 0.15) is 72.2 Å². The maximum atomic E-state index is 13.0.